The fraction of sp³-hybridized carbons (Fsp3) is 0.111. The first-order valence-electron chi connectivity index (χ1n) is 20.4. The van der Waals surface area contributed by atoms with Gasteiger partial charge in [0.1, 0.15) is 28.1 Å². The molecule has 12 rings (SSSR count). The second kappa shape index (κ2) is 15.8. The molecule has 2 aromatic heterocycles. The molecule has 0 amide bonds. The molecule has 0 saturated heterocycles. The van der Waals surface area contributed by atoms with E-state index >= 15 is 0 Å². The Hall–Kier alpha value is -5.38. The van der Waals surface area contributed by atoms with E-state index in [9.17, 15) is 0 Å². The first-order valence-corrected chi connectivity index (χ1v) is 22.8. The van der Waals surface area contributed by atoms with E-state index in [-0.39, 0.29) is 10.8 Å². The molecular formula is C54H39BBr3O4. The van der Waals surface area contributed by atoms with Crippen molar-refractivity contribution in [2.75, 3.05) is 0 Å². The molecule has 62 heavy (non-hydrogen) atoms. The maximum Gasteiger partial charge on any atom is 0.569 e. The molecule has 0 bridgehead atoms. The van der Waals surface area contributed by atoms with Gasteiger partial charge in [0.25, 0.3) is 0 Å². The van der Waals surface area contributed by atoms with E-state index in [0.29, 0.717) is 13.4 Å². The molecule has 2 aliphatic rings. The van der Waals surface area contributed by atoms with E-state index in [1.807, 2.05) is 48.5 Å². The van der Waals surface area contributed by atoms with E-state index < -0.39 is 0 Å². The standard InChI is InChI=1S/C27H19BrO.C15H12Br2.C12H8BO3/c1-27(2)23-14-17(7-10-19(23)20-11-9-18(28)15-24(20)27)16-8-12-26-22(13-16)21-5-3-4-6-25(21)29-26;1-15(2)13-7-9(16)3-5-11(13)12-6-4-10(17)8-14(12)15;14-13-16-8-5-6-12-10(7-8)9-3-1-2-4-11(9)15-12/h3-15H,1-2H3;3-8H,1-2H3;1-7,14H. The van der Waals surface area contributed by atoms with Crippen LogP contribution in [0.2, 0.25) is 0 Å². The minimum atomic E-state index is -0.0170. The maximum atomic E-state index is 8.58. The summed E-state index contributed by atoms with van der Waals surface area (Å²) in [7, 11) is 0.670. The van der Waals surface area contributed by atoms with Gasteiger partial charge in [-0.3, -0.25) is 0 Å². The molecule has 1 radical (unpaired) electrons. The smallest absolute Gasteiger partial charge is 0.537 e. The Bertz CT molecular complexity index is 3330. The van der Waals surface area contributed by atoms with Crippen LogP contribution < -0.4 is 4.65 Å². The average Bonchev–Trinajstić information content (AvgIpc) is 3.96. The highest BCUT2D eigenvalue weighted by Gasteiger charge is 2.36. The Kier molecular flexibility index (Phi) is 10.3. The third-order valence-electron chi connectivity index (χ3n) is 12.5. The summed E-state index contributed by atoms with van der Waals surface area (Å²) in [5.74, 6) is 0.585. The zero-order valence-electron chi connectivity index (χ0n) is 34.4. The lowest BCUT2D eigenvalue weighted by Gasteiger charge is -2.22. The molecule has 2 heterocycles. The SMILES string of the molecule is CC1(C)c2cc(Br)ccc2-c2ccc(-c3ccc4oc5ccccc5c4c3)cc21.CC1(C)c2cc(Br)ccc2-c2ccc(Br)cc21.O[B]Oc1ccc2oc3ccccc3c2c1. The van der Waals surface area contributed by atoms with Crippen LogP contribution in [0.1, 0.15) is 49.9 Å². The second-order valence-electron chi connectivity index (χ2n) is 16.9. The fourth-order valence-electron chi connectivity index (χ4n) is 9.32. The summed E-state index contributed by atoms with van der Waals surface area (Å²) in [6, 6.07) is 54.6. The highest BCUT2D eigenvalue weighted by Crippen LogP contribution is 2.51. The van der Waals surface area contributed by atoms with Crippen molar-refractivity contribution >= 4 is 99.4 Å². The summed E-state index contributed by atoms with van der Waals surface area (Å²) in [5, 5.41) is 12.9. The molecule has 0 spiro atoms. The van der Waals surface area contributed by atoms with Crippen molar-refractivity contribution in [1.82, 2.24) is 0 Å². The predicted octanol–water partition coefficient (Wildman–Crippen LogP) is 16.3. The minimum Gasteiger partial charge on any atom is -0.537 e. The number of para-hydroxylation sites is 2. The van der Waals surface area contributed by atoms with E-state index in [0.717, 1.165) is 46.5 Å². The lowest BCUT2D eigenvalue weighted by Crippen LogP contribution is -2.15. The van der Waals surface area contributed by atoms with Crippen LogP contribution in [0.3, 0.4) is 0 Å². The molecule has 303 valence electrons. The molecule has 8 aromatic carbocycles. The lowest BCUT2D eigenvalue weighted by molar-refractivity contribution is 0.454. The van der Waals surface area contributed by atoms with E-state index in [2.05, 4.69) is 179 Å². The van der Waals surface area contributed by atoms with Crippen molar-refractivity contribution in [3.63, 3.8) is 0 Å². The number of fused-ring (bicyclic) bond motifs is 12. The fourth-order valence-corrected chi connectivity index (χ4v) is 10.4. The largest absolute Gasteiger partial charge is 0.569 e. The topological polar surface area (TPSA) is 55.7 Å². The molecule has 0 aliphatic heterocycles. The Morgan fingerprint density at radius 3 is 1.31 bits per heavy atom. The van der Waals surface area contributed by atoms with Gasteiger partial charge in [0.05, 0.1) is 0 Å². The Balaban J connectivity index is 0.000000119. The number of rotatable bonds is 3. The van der Waals surface area contributed by atoms with Crippen LogP contribution in [-0.2, 0) is 10.8 Å². The maximum absolute atomic E-state index is 8.58. The minimum absolute atomic E-state index is 0.0170. The van der Waals surface area contributed by atoms with Crippen molar-refractivity contribution in [2.24, 2.45) is 0 Å². The van der Waals surface area contributed by atoms with Gasteiger partial charge in [-0.05, 0) is 141 Å². The third-order valence-corrected chi connectivity index (χ3v) is 14.0. The van der Waals surface area contributed by atoms with Crippen LogP contribution in [0, 0.1) is 0 Å². The highest BCUT2D eigenvalue weighted by atomic mass is 79.9. The summed E-state index contributed by atoms with van der Waals surface area (Å²) < 4.78 is 20.0. The van der Waals surface area contributed by atoms with Gasteiger partial charge in [0, 0.05) is 45.8 Å². The number of benzene rings is 8. The summed E-state index contributed by atoms with van der Waals surface area (Å²) in [5.41, 5.74) is 17.1. The van der Waals surface area contributed by atoms with Crippen LogP contribution in [0.15, 0.2) is 180 Å². The second-order valence-corrected chi connectivity index (χ2v) is 19.6. The molecule has 0 unspecified atom stereocenters. The number of furan rings is 2. The van der Waals surface area contributed by atoms with Crippen molar-refractivity contribution in [3.8, 4) is 39.1 Å². The Labute approximate surface area is 386 Å². The van der Waals surface area contributed by atoms with Gasteiger partial charge in [-0.1, -0.05) is 148 Å². The van der Waals surface area contributed by atoms with Gasteiger partial charge in [-0.15, -0.1) is 0 Å². The van der Waals surface area contributed by atoms with E-state index in [4.69, 9.17) is 18.5 Å². The van der Waals surface area contributed by atoms with Crippen LogP contribution in [0.25, 0.3) is 77.3 Å². The highest BCUT2D eigenvalue weighted by molar-refractivity contribution is 9.11. The molecule has 8 heteroatoms. The van der Waals surface area contributed by atoms with Crippen LogP contribution in [0.4, 0.5) is 0 Å². The number of halogens is 3. The van der Waals surface area contributed by atoms with Crippen molar-refractivity contribution in [2.45, 2.75) is 38.5 Å². The molecule has 2 aliphatic carbocycles. The molecule has 10 aromatic rings. The van der Waals surface area contributed by atoms with E-state index in [1.165, 1.54) is 66.4 Å². The summed E-state index contributed by atoms with van der Waals surface area (Å²) >= 11 is 10.8. The van der Waals surface area contributed by atoms with Gasteiger partial charge in [-0.25, -0.2) is 0 Å². The molecule has 0 fully saturated rings. The van der Waals surface area contributed by atoms with Crippen LogP contribution in [-0.4, -0.2) is 12.7 Å². The van der Waals surface area contributed by atoms with Gasteiger partial charge in [-0.2, -0.15) is 0 Å². The summed E-state index contributed by atoms with van der Waals surface area (Å²) in [4.78, 5) is 0. The van der Waals surface area contributed by atoms with Crippen molar-refractivity contribution < 1.29 is 18.5 Å². The molecule has 0 saturated carbocycles. The Morgan fingerprint density at radius 2 is 0.806 bits per heavy atom. The van der Waals surface area contributed by atoms with Crippen LogP contribution >= 0.6 is 47.8 Å². The third kappa shape index (κ3) is 7.02. The van der Waals surface area contributed by atoms with Gasteiger partial charge >= 0.3 is 7.69 Å². The summed E-state index contributed by atoms with van der Waals surface area (Å²) in [6.07, 6.45) is 0. The zero-order chi connectivity index (χ0) is 42.9. The van der Waals surface area contributed by atoms with Crippen molar-refractivity contribution in [1.29, 1.82) is 0 Å². The average molecular weight is 1000 g/mol. The predicted molar refractivity (Wildman–Crippen MR) is 266 cm³/mol. The van der Waals surface area contributed by atoms with Gasteiger partial charge in [0.15, 0.2) is 0 Å². The number of hydrogen-bond donors (Lipinski definition) is 1. The van der Waals surface area contributed by atoms with Gasteiger partial charge in [0.2, 0.25) is 0 Å². The lowest BCUT2D eigenvalue weighted by atomic mass is 9.81. The monoisotopic (exact) mass is 999 g/mol. The zero-order valence-corrected chi connectivity index (χ0v) is 39.2. The van der Waals surface area contributed by atoms with Crippen molar-refractivity contribution in [3.05, 3.63) is 193 Å². The number of hydrogen-bond acceptors (Lipinski definition) is 4. The molecule has 4 nitrogen and oxygen atoms in total. The first-order chi connectivity index (χ1) is 29.9. The molecule has 1 N–H and O–H groups in total. The molecular weight excluding hydrogens is 963 g/mol. The quantitative estimate of drug-likeness (QED) is 0.179. The van der Waals surface area contributed by atoms with E-state index in [1.54, 1.807) is 6.07 Å². The summed E-state index contributed by atoms with van der Waals surface area (Å²) in [6.45, 7) is 9.22. The normalized spacial score (nSPS) is 13.7. The molecule has 0 atom stereocenters. The van der Waals surface area contributed by atoms with Gasteiger partial charge < -0.3 is 18.5 Å². The van der Waals surface area contributed by atoms with Crippen LogP contribution in [0.5, 0.6) is 5.75 Å². The Morgan fingerprint density at radius 1 is 0.419 bits per heavy atom. The first kappa shape index (κ1) is 40.7.